The van der Waals surface area contributed by atoms with Crippen molar-refractivity contribution in [1.82, 2.24) is 16.0 Å². The predicted octanol–water partition coefficient (Wildman–Crippen LogP) is 3.56. The fraction of sp³-hybridized carbons (Fsp3) is 0.500. The van der Waals surface area contributed by atoms with E-state index in [-0.39, 0.29) is 24.3 Å². The summed E-state index contributed by atoms with van der Waals surface area (Å²) in [6.07, 6.45) is 0.223. The van der Waals surface area contributed by atoms with Gasteiger partial charge in [0, 0.05) is 15.9 Å². The number of aliphatic hydroxyl groups is 1. The Labute approximate surface area is 245 Å². The van der Waals surface area contributed by atoms with Crippen LogP contribution in [0.3, 0.4) is 0 Å². The normalized spacial score (nSPS) is 19.0. The third-order valence-corrected chi connectivity index (χ3v) is 7.94. The van der Waals surface area contributed by atoms with Crippen molar-refractivity contribution in [2.45, 2.75) is 81.2 Å². The van der Waals surface area contributed by atoms with Gasteiger partial charge in [-0.25, -0.2) is 0 Å². The van der Waals surface area contributed by atoms with Crippen molar-refractivity contribution < 1.29 is 29.0 Å². The standard InChI is InChI=1S/C30H40N4O6S/c1-17(2)13-23(28(36)34-24(14-18(3)4)29(37)33-21-11-12-39-30(21)38)32-27(35)16-40-19-9-10-26-22(15-19)31-20-7-5-6-8-25(20)41-26/h5-10,15,17-18,21,23-24,30-31,38H,11-14,16H2,1-4H3,(H,32,35)(H,33,37)(H,34,36)/t21-,23-,24-,30?/m0/s1. The summed E-state index contributed by atoms with van der Waals surface area (Å²) < 4.78 is 10.9. The molecule has 2 aromatic carbocycles. The van der Waals surface area contributed by atoms with Crippen molar-refractivity contribution in [2.75, 3.05) is 18.5 Å². The molecule has 1 fully saturated rings. The molecule has 5 N–H and O–H groups in total. The highest BCUT2D eigenvalue weighted by molar-refractivity contribution is 7.99. The minimum Gasteiger partial charge on any atom is -0.484 e. The second kappa shape index (κ2) is 14.1. The summed E-state index contributed by atoms with van der Waals surface area (Å²) in [7, 11) is 0. The molecule has 0 aromatic heterocycles. The van der Waals surface area contributed by atoms with Gasteiger partial charge in [0.2, 0.25) is 11.8 Å². The molecule has 0 bridgehead atoms. The molecule has 0 saturated carbocycles. The van der Waals surface area contributed by atoms with Crippen LogP contribution in [0.25, 0.3) is 0 Å². The summed E-state index contributed by atoms with van der Waals surface area (Å²) >= 11 is 1.66. The maximum atomic E-state index is 13.3. The van der Waals surface area contributed by atoms with Crippen LogP contribution >= 0.6 is 11.8 Å². The number of nitrogens with one attached hydrogen (secondary N) is 4. The van der Waals surface area contributed by atoms with Gasteiger partial charge in [-0.3, -0.25) is 14.4 Å². The zero-order valence-corrected chi connectivity index (χ0v) is 24.8. The Morgan fingerprint density at radius 2 is 1.66 bits per heavy atom. The van der Waals surface area contributed by atoms with Crippen LogP contribution in [0.5, 0.6) is 5.75 Å². The highest BCUT2D eigenvalue weighted by Gasteiger charge is 2.32. The van der Waals surface area contributed by atoms with Crippen molar-refractivity contribution in [1.29, 1.82) is 0 Å². The van der Waals surface area contributed by atoms with Gasteiger partial charge in [0.1, 0.15) is 17.8 Å². The summed E-state index contributed by atoms with van der Waals surface area (Å²) in [5.74, 6) is -0.496. The monoisotopic (exact) mass is 584 g/mol. The van der Waals surface area contributed by atoms with Gasteiger partial charge in [0.25, 0.3) is 5.91 Å². The van der Waals surface area contributed by atoms with E-state index in [4.69, 9.17) is 9.47 Å². The van der Waals surface area contributed by atoms with Gasteiger partial charge in [-0.1, -0.05) is 51.6 Å². The number of fused-ring (bicyclic) bond motifs is 2. The summed E-state index contributed by atoms with van der Waals surface area (Å²) in [5.41, 5.74) is 1.91. The quantitative estimate of drug-likeness (QED) is 0.218. The minimum absolute atomic E-state index is 0.113. The molecule has 2 heterocycles. The van der Waals surface area contributed by atoms with Gasteiger partial charge in [0.05, 0.1) is 24.0 Å². The first kappa shape index (κ1) is 30.7. The number of para-hydroxylation sites is 1. The maximum Gasteiger partial charge on any atom is 0.258 e. The van der Waals surface area contributed by atoms with Gasteiger partial charge in [-0.15, -0.1) is 0 Å². The lowest BCUT2D eigenvalue weighted by Crippen LogP contribution is -2.56. The van der Waals surface area contributed by atoms with Crippen LogP contribution in [0.15, 0.2) is 52.3 Å². The highest BCUT2D eigenvalue weighted by Crippen LogP contribution is 2.45. The second-order valence-electron chi connectivity index (χ2n) is 11.3. The average Bonchev–Trinajstić information content (AvgIpc) is 3.33. The molecule has 2 aromatic rings. The summed E-state index contributed by atoms with van der Waals surface area (Å²) in [5, 5.41) is 21.7. The van der Waals surface area contributed by atoms with Gasteiger partial charge in [-0.05, 0) is 55.4 Å². The van der Waals surface area contributed by atoms with E-state index in [0.29, 0.717) is 31.6 Å². The van der Waals surface area contributed by atoms with Crippen LogP contribution in [0.4, 0.5) is 11.4 Å². The number of rotatable bonds is 12. The first-order valence-electron chi connectivity index (χ1n) is 14.1. The van der Waals surface area contributed by atoms with E-state index < -0.39 is 36.2 Å². The SMILES string of the molecule is CC(C)C[C@H](NC(=O)COc1ccc2c(c1)Nc1ccccc1S2)C(=O)N[C@@H](CC(C)C)C(=O)N[C@H]1CCOC1O. The van der Waals surface area contributed by atoms with E-state index in [9.17, 15) is 19.5 Å². The lowest BCUT2D eigenvalue weighted by molar-refractivity contribution is -0.134. The van der Waals surface area contributed by atoms with Gasteiger partial charge >= 0.3 is 0 Å². The predicted molar refractivity (Wildman–Crippen MR) is 157 cm³/mol. The maximum absolute atomic E-state index is 13.3. The lowest BCUT2D eigenvalue weighted by Gasteiger charge is -2.26. The first-order valence-corrected chi connectivity index (χ1v) is 14.9. The molecule has 0 spiro atoms. The average molecular weight is 585 g/mol. The molecule has 2 aliphatic heterocycles. The highest BCUT2D eigenvalue weighted by atomic mass is 32.2. The molecule has 0 radical (unpaired) electrons. The van der Waals surface area contributed by atoms with Crippen LogP contribution in [0, 0.1) is 11.8 Å². The number of ether oxygens (including phenoxy) is 2. The van der Waals surface area contributed by atoms with Crippen molar-refractivity contribution in [3.63, 3.8) is 0 Å². The number of carbonyl (C=O) groups is 3. The minimum atomic E-state index is -1.07. The summed E-state index contributed by atoms with van der Waals surface area (Å²) in [4.78, 5) is 41.4. The van der Waals surface area contributed by atoms with E-state index in [0.717, 1.165) is 21.2 Å². The van der Waals surface area contributed by atoms with Crippen LogP contribution in [-0.2, 0) is 19.1 Å². The Balaban J connectivity index is 1.34. The molecule has 3 amide bonds. The van der Waals surface area contributed by atoms with Crippen LogP contribution in [0.1, 0.15) is 47.0 Å². The molecule has 0 aliphatic carbocycles. The number of aliphatic hydroxyl groups excluding tert-OH is 1. The van der Waals surface area contributed by atoms with Crippen molar-refractivity contribution in [3.8, 4) is 5.75 Å². The summed E-state index contributed by atoms with van der Waals surface area (Å²) in [6, 6.07) is 11.5. The Hall–Kier alpha value is -3.28. The second-order valence-corrected chi connectivity index (χ2v) is 12.4. The molecule has 11 heteroatoms. The number of hydrogen-bond acceptors (Lipinski definition) is 8. The van der Waals surface area contributed by atoms with Gasteiger partial charge in [0.15, 0.2) is 12.9 Å². The third-order valence-electron chi connectivity index (χ3n) is 6.79. The number of anilines is 2. The number of amides is 3. The molecular weight excluding hydrogens is 544 g/mol. The number of hydrogen-bond donors (Lipinski definition) is 5. The Morgan fingerprint density at radius 1 is 0.976 bits per heavy atom. The smallest absolute Gasteiger partial charge is 0.258 e. The molecule has 41 heavy (non-hydrogen) atoms. The molecule has 4 atom stereocenters. The van der Waals surface area contributed by atoms with Crippen LogP contribution in [-0.4, -0.2) is 60.5 Å². The fourth-order valence-electron chi connectivity index (χ4n) is 4.77. The molecular formula is C30H40N4O6S. The molecule has 4 rings (SSSR count). The van der Waals surface area contributed by atoms with E-state index in [1.165, 1.54) is 0 Å². The van der Waals surface area contributed by atoms with Crippen LogP contribution < -0.4 is 26.0 Å². The molecule has 222 valence electrons. The van der Waals surface area contributed by atoms with Crippen molar-refractivity contribution in [3.05, 3.63) is 42.5 Å². The summed E-state index contributed by atoms with van der Waals surface area (Å²) in [6.45, 7) is 7.92. The Kier molecular flexibility index (Phi) is 10.5. The number of benzene rings is 2. The van der Waals surface area contributed by atoms with Crippen molar-refractivity contribution >= 4 is 40.9 Å². The van der Waals surface area contributed by atoms with Gasteiger partial charge in [-0.2, -0.15) is 0 Å². The lowest BCUT2D eigenvalue weighted by atomic mass is 9.99. The zero-order valence-electron chi connectivity index (χ0n) is 23.9. The zero-order chi connectivity index (χ0) is 29.5. The van der Waals surface area contributed by atoms with E-state index in [2.05, 4.69) is 27.3 Å². The van der Waals surface area contributed by atoms with Crippen molar-refractivity contribution in [2.24, 2.45) is 11.8 Å². The first-order chi connectivity index (χ1) is 19.6. The Morgan fingerprint density at radius 3 is 2.34 bits per heavy atom. The fourth-order valence-corrected chi connectivity index (χ4v) is 5.74. The van der Waals surface area contributed by atoms with E-state index in [1.807, 2.05) is 64.1 Å². The third kappa shape index (κ3) is 8.61. The molecule has 1 unspecified atom stereocenters. The van der Waals surface area contributed by atoms with E-state index in [1.54, 1.807) is 11.8 Å². The molecule has 2 aliphatic rings. The molecule has 10 nitrogen and oxygen atoms in total. The van der Waals surface area contributed by atoms with E-state index >= 15 is 0 Å². The number of carbonyl (C=O) groups excluding carboxylic acids is 3. The van der Waals surface area contributed by atoms with Crippen LogP contribution in [0.2, 0.25) is 0 Å². The Bertz CT molecular complexity index is 1240. The van der Waals surface area contributed by atoms with Gasteiger partial charge < -0.3 is 35.8 Å². The largest absolute Gasteiger partial charge is 0.484 e. The topological polar surface area (TPSA) is 138 Å². The molecule has 1 saturated heterocycles.